The molecule has 19 heavy (non-hydrogen) atoms. The molecule has 0 amide bonds. The summed E-state index contributed by atoms with van der Waals surface area (Å²) in [7, 11) is -3.73. The normalized spacial score (nSPS) is 13.5. The van der Waals surface area contributed by atoms with Gasteiger partial charge in [-0.15, -0.1) is 0 Å². The molecule has 1 atom stereocenters. The maximum atomic E-state index is 13.2. The van der Waals surface area contributed by atoms with E-state index < -0.39 is 15.8 Å². The lowest BCUT2D eigenvalue weighted by atomic mass is 10.2. The molecule has 0 spiro atoms. The first-order valence-electron chi connectivity index (χ1n) is 5.90. The third-order valence-electron chi connectivity index (χ3n) is 2.65. The Morgan fingerprint density at radius 2 is 2.16 bits per heavy atom. The van der Waals surface area contributed by atoms with Gasteiger partial charge in [-0.05, 0) is 43.0 Å². The van der Waals surface area contributed by atoms with Crippen molar-refractivity contribution in [2.24, 2.45) is 5.73 Å². The van der Waals surface area contributed by atoms with Gasteiger partial charge >= 0.3 is 0 Å². The fourth-order valence-corrected chi connectivity index (χ4v) is 3.76. The van der Waals surface area contributed by atoms with Crippen LogP contribution in [0.5, 0.6) is 0 Å². The van der Waals surface area contributed by atoms with E-state index in [0.29, 0.717) is 12.0 Å². The van der Waals surface area contributed by atoms with Crippen LogP contribution in [0.2, 0.25) is 0 Å². The first-order valence-corrected chi connectivity index (χ1v) is 8.78. The van der Waals surface area contributed by atoms with E-state index in [2.05, 4.69) is 4.72 Å². The van der Waals surface area contributed by atoms with Gasteiger partial charge in [-0.3, -0.25) is 0 Å². The summed E-state index contributed by atoms with van der Waals surface area (Å²) in [6.45, 7) is 1.84. The van der Waals surface area contributed by atoms with E-state index in [0.717, 1.165) is 11.8 Å². The molecule has 7 heteroatoms. The van der Waals surface area contributed by atoms with Crippen molar-refractivity contribution in [3.63, 3.8) is 0 Å². The van der Waals surface area contributed by atoms with Gasteiger partial charge in [-0.2, -0.15) is 11.8 Å². The number of halogens is 1. The Bertz CT molecular complexity index is 520. The number of rotatable bonds is 7. The molecule has 0 heterocycles. The number of sulfonamides is 1. The minimum Gasteiger partial charge on any atom is -0.326 e. The summed E-state index contributed by atoms with van der Waals surface area (Å²) >= 11 is 1.65. The standard InChI is InChI=1S/C12H19FN2O2S2/c1-9(5-6-18-2)15-19(16,17)12-7-11(13)4-3-10(12)8-14/h3-4,7,9,15H,5-6,8,14H2,1-2H3. The zero-order valence-electron chi connectivity index (χ0n) is 11.0. The van der Waals surface area contributed by atoms with Crippen LogP contribution in [-0.2, 0) is 16.6 Å². The zero-order valence-corrected chi connectivity index (χ0v) is 12.7. The zero-order chi connectivity index (χ0) is 14.5. The summed E-state index contributed by atoms with van der Waals surface area (Å²) in [4.78, 5) is -0.0778. The van der Waals surface area contributed by atoms with Gasteiger partial charge < -0.3 is 5.73 Å². The molecular weight excluding hydrogens is 287 g/mol. The molecule has 0 aliphatic carbocycles. The predicted octanol–water partition coefficient (Wildman–Crippen LogP) is 1.70. The van der Waals surface area contributed by atoms with E-state index in [1.165, 1.54) is 12.1 Å². The van der Waals surface area contributed by atoms with Crippen LogP contribution in [0.3, 0.4) is 0 Å². The lowest BCUT2D eigenvalue weighted by molar-refractivity contribution is 0.553. The van der Waals surface area contributed by atoms with Crippen molar-refractivity contribution in [2.75, 3.05) is 12.0 Å². The third kappa shape index (κ3) is 4.76. The SMILES string of the molecule is CSCCC(C)NS(=O)(=O)c1cc(F)ccc1CN. The largest absolute Gasteiger partial charge is 0.326 e. The monoisotopic (exact) mass is 306 g/mol. The van der Waals surface area contributed by atoms with E-state index in [-0.39, 0.29) is 17.5 Å². The molecule has 0 fully saturated rings. The Balaban J connectivity index is 2.96. The second-order valence-electron chi connectivity index (χ2n) is 4.26. The van der Waals surface area contributed by atoms with Crippen LogP contribution in [0.15, 0.2) is 23.1 Å². The van der Waals surface area contributed by atoms with Crippen LogP contribution in [0.25, 0.3) is 0 Å². The summed E-state index contributed by atoms with van der Waals surface area (Å²) in [5.74, 6) is 0.269. The van der Waals surface area contributed by atoms with Crippen LogP contribution in [0.1, 0.15) is 18.9 Å². The van der Waals surface area contributed by atoms with Gasteiger partial charge in [0.2, 0.25) is 10.0 Å². The highest BCUT2D eigenvalue weighted by Gasteiger charge is 2.20. The number of hydrogen-bond donors (Lipinski definition) is 2. The van der Waals surface area contributed by atoms with Crippen molar-refractivity contribution in [3.05, 3.63) is 29.6 Å². The quantitative estimate of drug-likeness (QED) is 0.804. The van der Waals surface area contributed by atoms with Gasteiger partial charge in [0.15, 0.2) is 0 Å². The van der Waals surface area contributed by atoms with Crippen LogP contribution >= 0.6 is 11.8 Å². The molecular formula is C12H19FN2O2S2. The van der Waals surface area contributed by atoms with E-state index in [1.807, 2.05) is 6.26 Å². The smallest absolute Gasteiger partial charge is 0.241 e. The first kappa shape index (κ1) is 16.4. The van der Waals surface area contributed by atoms with Crippen molar-refractivity contribution < 1.29 is 12.8 Å². The Hall–Kier alpha value is -0.630. The summed E-state index contributed by atoms with van der Waals surface area (Å²) in [5.41, 5.74) is 5.90. The summed E-state index contributed by atoms with van der Waals surface area (Å²) in [6.07, 6.45) is 2.67. The molecule has 3 N–H and O–H groups in total. The molecule has 1 unspecified atom stereocenters. The van der Waals surface area contributed by atoms with Gasteiger partial charge in [-0.25, -0.2) is 17.5 Å². The number of thioether (sulfide) groups is 1. The highest BCUT2D eigenvalue weighted by molar-refractivity contribution is 7.98. The topological polar surface area (TPSA) is 72.2 Å². The van der Waals surface area contributed by atoms with Gasteiger partial charge in [0.1, 0.15) is 5.82 Å². The van der Waals surface area contributed by atoms with Crippen molar-refractivity contribution in [1.82, 2.24) is 4.72 Å². The molecule has 0 saturated heterocycles. The fraction of sp³-hybridized carbons (Fsp3) is 0.500. The number of nitrogens with one attached hydrogen (secondary N) is 1. The molecule has 0 radical (unpaired) electrons. The third-order valence-corrected chi connectivity index (χ3v) is 4.97. The summed E-state index contributed by atoms with van der Waals surface area (Å²) in [6, 6.07) is 3.41. The Kier molecular flexibility index (Phi) is 6.25. The fourth-order valence-electron chi connectivity index (χ4n) is 1.63. The van der Waals surface area contributed by atoms with E-state index in [4.69, 9.17) is 5.73 Å². The predicted molar refractivity (Wildman–Crippen MR) is 77.1 cm³/mol. The molecule has 4 nitrogen and oxygen atoms in total. The lowest BCUT2D eigenvalue weighted by Gasteiger charge is -2.15. The van der Waals surface area contributed by atoms with Gasteiger partial charge in [-0.1, -0.05) is 6.07 Å². The van der Waals surface area contributed by atoms with Crippen LogP contribution in [0.4, 0.5) is 4.39 Å². The van der Waals surface area contributed by atoms with Crippen molar-refractivity contribution >= 4 is 21.8 Å². The lowest BCUT2D eigenvalue weighted by Crippen LogP contribution is -2.33. The van der Waals surface area contributed by atoms with Crippen LogP contribution in [0, 0.1) is 5.82 Å². The molecule has 1 aromatic carbocycles. The summed E-state index contributed by atoms with van der Waals surface area (Å²) < 4.78 is 40.2. The van der Waals surface area contributed by atoms with Crippen LogP contribution in [-0.4, -0.2) is 26.5 Å². The average molecular weight is 306 g/mol. The second-order valence-corrected chi connectivity index (χ2v) is 6.93. The second kappa shape index (κ2) is 7.23. The number of nitrogens with two attached hydrogens (primary N) is 1. The number of hydrogen-bond acceptors (Lipinski definition) is 4. The Labute approximate surface area is 118 Å². The average Bonchev–Trinajstić information content (AvgIpc) is 2.35. The Morgan fingerprint density at radius 1 is 1.47 bits per heavy atom. The molecule has 0 aromatic heterocycles. The van der Waals surface area contributed by atoms with E-state index in [1.54, 1.807) is 18.7 Å². The highest BCUT2D eigenvalue weighted by Crippen LogP contribution is 2.17. The van der Waals surface area contributed by atoms with Gasteiger partial charge in [0.05, 0.1) is 4.90 Å². The minimum absolute atomic E-state index is 0.0513. The van der Waals surface area contributed by atoms with Crippen LogP contribution < -0.4 is 10.5 Å². The van der Waals surface area contributed by atoms with Crippen molar-refractivity contribution in [3.8, 4) is 0 Å². The van der Waals surface area contributed by atoms with Gasteiger partial charge in [0.25, 0.3) is 0 Å². The highest BCUT2D eigenvalue weighted by atomic mass is 32.2. The van der Waals surface area contributed by atoms with Crippen molar-refractivity contribution in [1.29, 1.82) is 0 Å². The maximum Gasteiger partial charge on any atom is 0.241 e. The summed E-state index contributed by atoms with van der Waals surface area (Å²) in [5, 5.41) is 0. The maximum absolute atomic E-state index is 13.2. The number of benzene rings is 1. The molecule has 1 rings (SSSR count). The molecule has 0 saturated carbocycles. The molecule has 1 aromatic rings. The van der Waals surface area contributed by atoms with E-state index in [9.17, 15) is 12.8 Å². The van der Waals surface area contributed by atoms with Crippen molar-refractivity contribution in [2.45, 2.75) is 30.8 Å². The first-order chi connectivity index (χ1) is 8.90. The Morgan fingerprint density at radius 3 is 2.74 bits per heavy atom. The minimum atomic E-state index is -3.73. The van der Waals surface area contributed by atoms with E-state index >= 15 is 0 Å². The molecule has 0 aliphatic heterocycles. The molecule has 0 bridgehead atoms. The molecule has 108 valence electrons. The van der Waals surface area contributed by atoms with Gasteiger partial charge in [0, 0.05) is 12.6 Å². The molecule has 0 aliphatic rings.